The summed E-state index contributed by atoms with van der Waals surface area (Å²) in [4.78, 5) is 28.4. The highest BCUT2D eigenvalue weighted by Crippen LogP contribution is 2.27. The van der Waals surface area contributed by atoms with Gasteiger partial charge in [-0.1, -0.05) is 12.1 Å². The molecule has 5 heteroatoms. The van der Waals surface area contributed by atoms with E-state index in [4.69, 9.17) is 4.74 Å². The Morgan fingerprint density at radius 3 is 2.42 bits per heavy atom. The fraction of sp³-hybridized carbons (Fsp3) is 0.579. The molecule has 3 rings (SSSR count). The third-order valence-corrected chi connectivity index (χ3v) is 5.07. The van der Waals surface area contributed by atoms with Crippen molar-refractivity contribution in [2.24, 2.45) is 0 Å². The molecule has 0 saturated carbocycles. The van der Waals surface area contributed by atoms with Gasteiger partial charge in [0.2, 0.25) is 0 Å². The molecule has 5 nitrogen and oxygen atoms in total. The predicted octanol–water partition coefficient (Wildman–Crippen LogP) is 2.56. The second kappa shape index (κ2) is 6.65. The zero-order valence-corrected chi connectivity index (χ0v) is 14.7. The molecule has 0 aliphatic carbocycles. The molecule has 1 saturated heterocycles. The lowest BCUT2D eigenvalue weighted by atomic mass is 9.93. The first-order valence-corrected chi connectivity index (χ1v) is 8.68. The first-order chi connectivity index (χ1) is 11.4. The lowest BCUT2D eigenvalue weighted by molar-refractivity contribution is -0.0799. The van der Waals surface area contributed by atoms with E-state index >= 15 is 0 Å². The molecule has 1 unspecified atom stereocenters. The van der Waals surface area contributed by atoms with Crippen molar-refractivity contribution in [2.75, 3.05) is 26.7 Å². The summed E-state index contributed by atoms with van der Waals surface area (Å²) in [7, 11) is 2.12. The first kappa shape index (κ1) is 17.1. The van der Waals surface area contributed by atoms with E-state index in [1.54, 1.807) is 24.3 Å². The van der Waals surface area contributed by atoms with Crippen LogP contribution in [0.25, 0.3) is 0 Å². The van der Waals surface area contributed by atoms with Gasteiger partial charge in [-0.15, -0.1) is 0 Å². The highest BCUT2D eigenvalue weighted by molar-refractivity contribution is 6.21. The number of hydrogen-bond donors (Lipinski definition) is 0. The molecule has 2 heterocycles. The molecular weight excluding hydrogens is 304 g/mol. The van der Waals surface area contributed by atoms with Gasteiger partial charge in [0.1, 0.15) is 0 Å². The third-order valence-electron chi connectivity index (χ3n) is 5.07. The monoisotopic (exact) mass is 330 g/mol. The van der Waals surface area contributed by atoms with Crippen LogP contribution in [-0.2, 0) is 4.74 Å². The summed E-state index contributed by atoms with van der Waals surface area (Å²) in [5.74, 6) is -0.323. The molecule has 1 atom stereocenters. The van der Waals surface area contributed by atoms with Crippen LogP contribution in [0.5, 0.6) is 0 Å². The van der Waals surface area contributed by atoms with Gasteiger partial charge in [-0.3, -0.25) is 14.5 Å². The zero-order chi connectivity index (χ0) is 17.3. The Hall–Kier alpha value is -1.72. The van der Waals surface area contributed by atoms with Gasteiger partial charge in [-0.2, -0.15) is 0 Å². The Morgan fingerprint density at radius 2 is 1.83 bits per heavy atom. The third kappa shape index (κ3) is 3.37. The van der Waals surface area contributed by atoms with Gasteiger partial charge in [-0.25, -0.2) is 0 Å². The summed E-state index contributed by atoms with van der Waals surface area (Å²) in [6.07, 6.45) is 2.84. The molecule has 2 aliphatic rings. The van der Waals surface area contributed by atoms with Crippen molar-refractivity contribution in [3.05, 3.63) is 35.4 Å². The van der Waals surface area contributed by atoms with Crippen LogP contribution in [0.15, 0.2) is 24.3 Å². The summed E-state index contributed by atoms with van der Waals surface area (Å²) in [6.45, 7) is 6.40. The number of benzene rings is 1. The lowest BCUT2D eigenvalue weighted by Gasteiger charge is -2.40. The van der Waals surface area contributed by atoms with E-state index in [1.807, 2.05) is 0 Å². The Balaban J connectivity index is 1.52. The van der Waals surface area contributed by atoms with Crippen LogP contribution in [-0.4, -0.2) is 60.0 Å². The van der Waals surface area contributed by atoms with Crippen molar-refractivity contribution >= 4 is 11.8 Å². The fourth-order valence-corrected chi connectivity index (χ4v) is 3.68. The summed E-state index contributed by atoms with van der Waals surface area (Å²) < 4.78 is 5.77. The van der Waals surface area contributed by atoms with Crippen LogP contribution < -0.4 is 0 Å². The number of carbonyl (C=O) groups excluding carboxylic acids is 2. The van der Waals surface area contributed by atoms with E-state index in [-0.39, 0.29) is 17.4 Å². The van der Waals surface area contributed by atoms with Crippen molar-refractivity contribution in [1.82, 2.24) is 9.80 Å². The van der Waals surface area contributed by atoms with Crippen molar-refractivity contribution in [1.29, 1.82) is 0 Å². The van der Waals surface area contributed by atoms with Gasteiger partial charge in [0.05, 0.1) is 16.7 Å². The number of carbonyl (C=O) groups is 2. The maximum atomic E-state index is 12.3. The van der Waals surface area contributed by atoms with E-state index in [1.165, 1.54) is 4.90 Å². The second-order valence-corrected chi connectivity index (χ2v) is 7.40. The van der Waals surface area contributed by atoms with Gasteiger partial charge >= 0.3 is 0 Å². The lowest BCUT2D eigenvalue weighted by Crippen LogP contribution is -2.45. The number of imide groups is 1. The standard InChI is InChI=1S/C19H26N2O3/c1-19(2)13-14(9-12-24-19)20(3)10-6-11-21-17(22)15-7-4-5-8-16(15)18(21)23/h4-5,7-8,14H,6,9-13H2,1-3H3. The number of amides is 2. The van der Waals surface area contributed by atoms with Crippen molar-refractivity contribution in [2.45, 2.75) is 44.8 Å². The van der Waals surface area contributed by atoms with Gasteiger partial charge in [0.25, 0.3) is 11.8 Å². The van der Waals surface area contributed by atoms with Crippen LogP contribution in [0.2, 0.25) is 0 Å². The normalized spacial score (nSPS) is 23.0. The fourth-order valence-electron chi connectivity index (χ4n) is 3.68. The van der Waals surface area contributed by atoms with Crippen LogP contribution in [0, 0.1) is 0 Å². The molecular formula is C19H26N2O3. The molecule has 0 radical (unpaired) electrons. The predicted molar refractivity (Wildman–Crippen MR) is 92.1 cm³/mol. The first-order valence-electron chi connectivity index (χ1n) is 8.68. The highest BCUT2D eigenvalue weighted by atomic mass is 16.5. The number of ether oxygens (including phenoxy) is 1. The average Bonchev–Trinajstić information content (AvgIpc) is 2.79. The van der Waals surface area contributed by atoms with Gasteiger partial charge < -0.3 is 9.64 Å². The maximum absolute atomic E-state index is 12.3. The molecule has 2 amide bonds. The Labute approximate surface area is 143 Å². The smallest absolute Gasteiger partial charge is 0.261 e. The molecule has 1 aromatic rings. The van der Waals surface area contributed by atoms with E-state index in [2.05, 4.69) is 25.8 Å². The second-order valence-electron chi connectivity index (χ2n) is 7.40. The maximum Gasteiger partial charge on any atom is 0.261 e. The van der Waals surface area contributed by atoms with Crippen LogP contribution in [0.3, 0.4) is 0 Å². The Morgan fingerprint density at radius 1 is 1.21 bits per heavy atom. The molecule has 1 fully saturated rings. The van der Waals surface area contributed by atoms with Crippen LogP contribution in [0.4, 0.5) is 0 Å². The van der Waals surface area contributed by atoms with Gasteiger partial charge in [0, 0.05) is 19.2 Å². The molecule has 1 aromatic carbocycles. The molecule has 0 aromatic heterocycles. The number of fused-ring (bicyclic) bond motifs is 1. The summed E-state index contributed by atoms with van der Waals surface area (Å²) in [6, 6.07) is 7.55. The van der Waals surface area contributed by atoms with Crippen molar-refractivity contribution < 1.29 is 14.3 Å². The van der Waals surface area contributed by atoms with Crippen LogP contribution in [0.1, 0.15) is 53.8 Å². The number of rotatable bonds is 5. The van der Waals surface area contributed by atoms with E-state index in [0.29, 0.717) is 23.7 Å². The topological polar surface area (TPSA) is 49.9 Å². The molecule has 0 bridgehead atoms. The van der Waals surface area contributed by atoms with Crippen molar-refractivity contribution in [3.8, 4) is 0 Å². The Kier molecular flexibility index (Phi) is 4.74. The van der Waals surface area contributed by atoms with Crippen LogP contribution >= 0.6 is 0 Å². The molecule has 0 spiro atoms. The largest absolute Gasteiger partial charge is 0.375 e. The van der Waals surface area contributed by atoms with Gasteiger partial charge in [0.15, 0.2) is 0 Å². The highest BCUT2D eigenvalue weighted by Gasteiger charge is 2.35. The summed E-state index contributed by atoms with van der Waals surface area (Å²) in [5, 5.41) is 0. The zero-order valence-electron chi connectivity index (χ0n) is 14.7. The molecule has 0 N–H and O–H groups in total. The van der Waals surface area contributed by atoms with E-state index < -0.39 is 0 Å². The number of nitrogens with zero attached hydrogens (tertiary/aromatic N) is 2. The molecule has 130 valence electrons. The quantitative estimate of drug-likeness (QED) is 0.779. The molecule has 24 heavy (non-hydrogen) atoms. The van der Waals surface area contributed by atoms with Crippen molar-refractivity contribution in [3.63, 3.8) is 0 Å². The minimum absolute atomic E-state index is 0.0697. The molecule has 2 aliphatic heterocycles. The SMILES string of the molecule is CN(CCCN1C(=O)c2ccccc2C1=O)C1CCOC(C)(C)C1. The summed E-state index contributed by atoms with van der Waals surface area (Å²) in [5.41, 5.74) is 0.990. The number of hydrogen-bond acceptors (Lipinski definition) is 4. The Bertz CT molecular complexity index is 606. The minimum atomic E-state index is -0.162. The van der Waals surface area contributed by atoms with Gasteiger partial charge in [-0.05, 0) is 58.8 Å². The van der Waals surface area contributed by atoms with E-state index in [9.17, 15) is 9.59 Å². The minimum Gasteiger partial charge on any atom is -0.375 e. The van der Waals surface area contributed by atoms with E-state index in [0.717, 1.165) is 32.4 Å². The average molecular weight is 330 g/mol. The summed E-state index contributed by atoms with van der Waals surface area (Å²) >= 11 is 0.